The molecule has 3 aromatic carbocycles. The summed E-state index contributed by atoms with van der Waals surface area (Å²) in [7, 11) is 0. The summed E-state index contributed by atoms with van der Waals surface area (Å²) in [5.74, 6) is 0.616. The lowest BCUT2D eigenvalue weighted by Gasteiger charge is -2.22. The highest BCUT2D eigenvalue weighted by atomic mass is 32.1. The summed E-state index contributed by atoms with van der Waals surface area (Å²) in [4.78, 5) is 10.9. The SMILES string of the molecule is Cc1c(CC(C)C)sc2ccc3oc4ncnc(-c5cc(C(C)(C)C)c6ccccc6c5)c4c3c12. The van der Waals surface area contributed by atoms with E-state index in [1.165, 1.54) is 36.9 Å². The minimum absolute atomic E-state index is 0.00316. The maximum Gasteiger partial charge on any atom is 0.231 e. The van der Waals surface area contributed by atoms with Crippen molar-refractivity contribution in [3.63, 3.8) is 0 Å². The molecule has 0 unspecified atom stereocenters. The van der Waals surface area contributed by atoms with Gasteiger partial charge in [0.1, 0.15) is 11.9 Å². The van der Waals surface area contributed by atoms with Crippen LogP contribution in [-0.4, -0.2) is 9.97 Å². The number of thiophene rings is 1. The van der Waals surface area contributed by atoms with Crippen molar-refractivity contribution in [2.24, 2.45) is 5.92 Å². The molecule has 0 aliphatic rings. The molecule has 0 amide bonds. The lowest BCUT2D eigenvalue weighted by molar-refractivity contribution is 0.596. The maximum atomic E-state index is 6.31. The summed E-state index contributed by atoms with van der Waals surface area (Å²) in [5.41, 5.74) is 6.26. The molecule has 0 N–H and O–H groups in total. The highest BCUT2D eigenvalue weighted by Crippen LogP contribution is 2.44. The second kappa shape index (κ2) is 7.89. The van der Waals surface area contributed by atoms with Crippen LogP contribution in [0.25, 0.3) is 54.2 Å². The number of aromatic nitrogens is 2. The highest BCUT2D eigenvalue weighted by molar-refractivity contribution is 7.19. The van der Waals surface area contributed by atoms with Gasteiger partial charge < -0.3 is 4.42 Å². The molecule has 4 heteroatoms. The van der Waals surface area contributed by atoms with Crippen molar-refractivity contribution in [3.8, 4) is 11.3 Å². The van der Waals surface area contributed by atoms with E-state index >= 15 is 0 Å². The number of hydrogen-bond donors (Lipinski definition) is 0. The van der Waals surface area contributed by atoms with Crippen molar-refractivity contribution in [2.75, 3.05) is 0 Å². The Hall–Kier alpha value is -3.24. The molecule has 35 heavy (non-hydrogen) atoms. The van der Waals surface area contributed by atoms with Gasteiger partial charge in [0.15, 0.2) is 0 Å². The Morgan fingerprint density at radius 1 is 0.943 bits per heavy atom. The van der Waals surface area contributed by atoms with Crippen LogP contribution in [-0.2, 0) is 11.8 Å². The zero-order valence-corrected chi connectivity index (χ0v) is 22.0. The molecule has 6 rings (SSSR count). The first-order valence-electron chi connectivity index (χ1n) is 12.3. The molecule has 3 heterocycles. The first-order valence-corrected chi connectivity index (χ1v) is 13.2. The normalized spacial score (nSPS) is 12.7. The van der Waals surface area contributed by atoms with Crippen molar-refractivity contribution >= 4 is 54.3 Å². The zero-order valence-electron chi connectivity index (χ0n) is 21.2. The minimum atomic E-state index is 0.00316. The minimum Gasteiger partial charge on any atom is -0.438 e. The molecule has 176 valence electrons. The fraction of sp³-hybridized carbons (Fsp3) is 0.290. The molecule has 6 aromatic rings. The summed E-state index contributed by atoms with van der Waals surface area (Å²) < 4.78 is 7.61. The van der Waals surface area contributed by atoms with E-state index in [4.69, 9.17) is 9.40 Å². The van der Waals surface area contributed by atoms with Gasteiger partial charge in [-0.2, -0.15) is 0 Å². The number of aryl methyl sites for hydroxylation is 1. The molecule has 0 aliphatic heterocycles. The third kappa shape index (κ3) is 3.54. The van der Waals surface area contributed by atoms with Crippen molar-refractivity contribution in [1.29, 1.82) is 0 Å². The van der Waals surface area contributed by atoms with Gasteiger partial charge in [-0.1, -0.05) is 58.9 Å². The van der Waals surface area contributed by atoms with Crippen LogP contribution in [0.15, 0.2) is 59.3 Å². The van der Waals surface area contributed by atoms with Crippen LogP contribution in [0.3, 0.4) is 0 Å². The zero-order chi connectivity index (χ0) is 24.5. The van der Waals surface area contributed by atoms with Crippen molar-refractivity contribution in [3.05, 3.63) is 70.9 Å². The van der Waals surface area contributed by atoms with E-state index in [1.807, 2.05) is 11.3 Å². The van der Waals surface area contributed by atoms with Crippen LogP contribution in [0.4, 0.5) is 0 Å². The van der Waals surface area contributed by atoms with Gasteiger partial charge in [0, 0.05) is 25.9 Å². The number of furan rings is 1. The van der Waals surface area contributed by atoms with E-state index in [0.29, 0.717) is 11.6 Å². The van der Waals surface area contributed by atoms with Gasteiger partial charge in [-0.15, -0.1) is 11.3 Å². The molecular weight excluding hydrogens is 448 g/mol. The van der Waals surface area contributed by atoms with E-state index in [0.717, 1.165) is 34.0 Å². The summed E-state index contributed by atoms with van der Waals surface area (Å²) in [5, 5.41) is 5.96. The van der Waals surface area contributed by atoms with Gasteiger partial charge >= 0.3 is 0 Å². The highest BCUT2D eigenvalue weighted by Gasteiger charge is 2.23. The first-order chi connectivity index (χ1) is 16.7. The molecule has 3 aromatic heterocycles. The van der Waals surface area contributed by atoms with E-state index in [2.05, 4.69) is 95.1 Å². The van der Waals surface area contributed by atoms with E-state index in [-0.39, 0.29) is 5.41 Å². The quantitative estimate of drug-likeness (QED) is 0.254. The molecule has 0 radical (unpaired) electrons. The third-order valence-corrected chi connectivity index (χ3v) is 8.24. The van der Waals surface area contributed by atoms with Crippen LogP contribution in [0.2, 0.25) is 0 Å². The summed E-state index contributed by atoms with van der Waals surface area (Å²) in [6, 6.07) is 17.5. The Morgan fingerprint density at radius 2 is 1.74 bits per heavy atom. The fourth-order valence-corrected chi connectivity index (χ4v) is 6.76. The monoisotopic (exact) mass is 478 g/mol. The number of rotatable bonds is 3. The molecule has 3 nitrogen and oxygen atoms in total. The Labute approximate surface area is 209 Å². The average molecular weight is 479 g/mol. The Kier molecular flexibility index (Phi) is 5.01. The van der Waals surface area contributed by atoms with Crippen molar-refractivity contribution in [1.82, 2.24) is 9.97 Å². The predicted octanol–water partition coefficient (Wildman–Crippen LogP) is 9.22. The molecule has 0 spiro atoms. The Morgan fingerprint density at radius 3 is 2.51 bits per heavy atom. The molecule has 0 fully saturated rings. The number of fused-ring (bicyclic) bond motifs is 6. The van der Waals surface area contributed by atoms with Crippen LogP contribution >= 0.6 is 11.3 Å². The molecule has 0 saturated carbocycles. The van der Waals surface area contributed by atoms with Crippen LogP contribution < -0.4 is 0 Å². The second-order valence-corrected chi connectivity index (χ2v) is 12.2. The van der Waals surface area contributed by atoms with Crippen molar-refractivity contribution < 1.29 is 4.42 Å². The second-order valence-electron chi connectivity index (χ2n) is 11.1. The molecule has 0 aliphatic carbocycles. The molecular formula is C31H30N2OS. The maximum absolute atomic E-state index is 6.31. The van der Waals surface area contributed by atoms with E-state index in [9.17, 15) is 0 Å². The summed E-state index contributed by atoms with van der Waals surface area (Å²) >= 11 is 1.91. The Balaban J connectivity index is 1.72. The van der Waals surface area contributed by atoms with Crippen LogP contribution in [0.1, 0.15) is 50.6 Å². The Bertz CT molecular complexity index is 1750. The molecule has 0 saturated heterocycles. The van der Waals surface area contributed by atoms with Gasteiger partial charge in [0.25, 0.3) is 0 Å². The van der Waals surface area contributed by atoms with Gasteiger partial charge in [-0.3, -0.25) is 0 Å². The largest absolute Gasteiger partial charge is 0.438 e. The molecule has 0 atom stereocenters. The van der Waals surface area contributed by atoms with Gasteiger partial charge in [-0.25, -0.2) is 9.97 Å². The number of nitrogens with zero attached hydrogens (tertiary/aromatic N) is 2. The standard InChI is InChI=1S/C31H30N2OS/c1-17(2)13-25-18(3)26-24(35-25)12-11-23-27(26)28-29(32-16-33-30(28)34-23)20-14-19-9-7-8-10-21(19)22(15-20)31(4,5)6/h7-12,14-17H,13H2,1-6H3. The number of benzene rings is 3. The topological polar surface area (TPSA) is 38.9 Å². The van der Waals surface area contributed by atoms with Gasteiger partial charge in [0.2, 0.25) is 5.71 Å². The lowest BCUT2D eigenvalue weighted by atomic mass is 9.82. The lowest BCUT2D eigenvalue weighted by Crippen LogP contribution is -2.12. The van der Waals surface area contributed by atoms with Gasteiger partial charge in [-0.05, 0) is 70.8 Å². The van der Waals surface area contributed by atoms with Gasteiger partial charge in [0.05, 0.1) is 11.1 Å². The van der Waals surface area contributed by atoms with E-state index < -0.39 is 0 Å². The fourth-order valence-electron chi connectivity index (χ4n) is 5.33. The number of hydrogen-bond acceptors (Lipinski definition) is 4. The predicted molar refractivity (Wildman–Crippen MR) is 150 cm³/mol. The van der Waals surface area contributed by atoms with Crippen LogP contribution in [0, 0.1) is 12.8 Å². The van der Waals surface area contributed by atoms with Crippen molar-refractivity contribution in [2.45, 2.75) is 53.4 Å². The third-order valence-electron chi connectivity index (χ3n) is 6.96. The smallest absolute Gasteiger partial charge is 0.231 e. The first kappa shape index (κ1) is 22.2. The van der Waals surface area contributed by atoms with Crippen LogP contribution in [0.5, 0.6) is 0 Å². The van der Waals surface area contributed by atoms with E-state index in [1.54, 1.807) is 6.33 Å². The average Bonchev–Trinajstić information content (AvgIpc) is 3.34. The molecule has 0 bridgehead atoms. The summed E-state index contributed by atoms with van der Waals surface area (Å²) in [6.45, 7) is 13.6. The summed E-state index contributed by atoms with van der Waals surface area (Å²) in [6.07, 6.45) is 2.72.